The van der Waals surface area contributed by atoms with E-state index in [2.05, 4.69) is 5.32 Å². The molecule has 0 spiro atoms. The van der Waals surface area contributed by atoms with Gasteiger partial charge in [0.1, 0.15) is 23.1 Å². The number of nitrogens with one attached hydrogen (secondary N) is 1. The Hall–Kier alpha value is -1.94. The van der Waals surface area contributed by atoms with E-state index in [1.165, 1.54) is 18.2 Å². The fraction of sp³-hybridized carbons (Fsp3) is 0.294. The summed E-state index contributed by atoms with van der Waals surface area (Å²) < 4.78 is 33.0. The van der Waals surface area contributed by atoms with Crippen LogP contribution in [-0.2, 0) is 0 Å². The molecule has 0 bridgehead atoms. The molecule has 21 heavy (non-hydrogen) atoms. The van der Waals surface area contributed by atoms with Crippen LogP contribution in [0.3, 0.4) is 0 Å². The lowest BCUT2D eigenvalue weighted by molar-refractivity contribution is 0.444. The third-order valence-corrected chi connectivity index (χ3v) is 3.31. The summed E-state index contributed by atoms with van der Waals surface area (Å²) in [6.45, 7) is 6.32. The van der Waals surface area contributed by atoms with Gasteiger partial charge in [-0.3, -0.25) is 0 Å². The highest BCUT2D eigenvalue weighted by Gasteiger charge is 2.17. The van der Waals surface area contributed by atoms with Gasteiger partial charge in [-0.2, -0.15) is 0 Å². The van der Waals surface area contributed by atoms with E-state index in [9.17, 15) is 8.78 Å². The summed E-state index contributed by atoms with van der Waals surface area (Å²) in [6.07, 6.45) is 0. The molecule has 0 aliphatic rings. The molecule has 1 N–H and O–H groups in total. The SMILES string of the molecule is CCNC(C)c1c(F)cccc1Oc1ccc(F)cc1C. The van der Waals surface area contributed by atoms with Crippen molar-refractivity contribution in [3.8, 4) is 11.5 Å². The van der Waals surface area contributed by atoms with E-state index in [1.807, 2.05) is 13.8 Å². The molecule has 0 radical (unpaired) electrons. The Morgan fingerprint density at radius 1 is 1.14 bits per heavy atom. The highest BCUT2D eigenvalue weighted by atomic mass is 19.1. The normalized spacial score (nSPS) is 12.2. The number of aryl methyl sites for hydroxylation is 1. The zero-order valence-corrected chi connectivity index (χ0v) is 12.4. The van der Waals surface area contributed by atoms with Crippen molar-refractivity contribution in [2.24, 2.45) is 0 Å². The van der Waals surface area contributed by atoms with E-state index in [4.69, 9.17) is 4.74 Å². The van der Waals surface area contributed by atoms with Crippen molar-refractivity contribution < 1.29 is 13.5 Å². The second-order valence-electron chi connectivity index (χ2n) is 4.94. The zero-order valence-electron chi connectivity index (χ0n) is 12.4. The Bertz CT molecular complexity index is 628. The van der Waals surface area contributed by atoms with Crippen LogP contribution in [0.5, 0.6) is 11.5 Å². The number of hydrogen-bond acceptors (Lipinski definition) is 2. The van der Waals surface area contributed by atoms with E-state index >= 15 is 0 Å². The van der Waals surface area contributed by atoms with Crippen LogP contribution in [0, 0.1) is 18.6 Å². The van der Waals surface area contributed by atoms with Crippen LogP contribution in [-0.4, -0.2) is 6.54 Å². The van der Waals surface area contributed by atoms with Crippen LogP contribution in [0.25, 0.3) is 0 Å². The van der Waals surface area contributed by atoms with Crippen molar-refractivity contribution in [1.82, 2.24) is 5.32 Å². The van der Waals surface area contributed by atoms with Crippen LogP contribution in [0.4, 0.5) is 8.78 Å². The standard InChI is InChI=1S/C17H19F2NO/c1-4-20-12(3)17-14(19)6-5-7-16(17)21-15-9-8-13(18)10-11(15)2/h5-10,12,20H,4H2,1-3H3. The molecule has 2 nitrogen and oxygen atoms in total. The molecular weight excluding hydrogens is 272 g/mol. The lowest BCUT2D eigenvalue weighted by Gasteiger charge is -2.19. The molecule has 112 valence electrons. The Morgan fingerprint density at radius 3 is 2.57 bits per heavy atom. The van der Waals surface area contributed by atoms with E-state index in [0.717, 1.165) is 6.54 Å². The number of hydrogen-bond donors (Lipinski definition) is 1. The zero-order chi connectivity index (χ0) is 15.4. The van der Waals surface area contributed by atoms with Crippen LogP contribution >= 0.6 is 0 Å². The van der Waals surface area contributed by atoms with Gasteiger partial charge < -0.3 is 10.1 Å². The molecule has 1 atom stereocenters. The van der Waals surface area contributed by atoms with Crippen LogP contribution in [0.15, 0.2) is 36.4 Å². The molecule has 2 aromatic carbocycles. The van der Waals surface area contributed by atoms with Crippen molar-refractivity contribution >= 4 is 0 Å². The van der Waals surface area contributed by atoms with Crippen molar-refractivity contribution in [2.45, 2.75) is 26.8 Å². The average Bonchev–Trinajstić information content (AvgIpc) is 2.42. The van der Waals surface area contributed by atoms with Crippen molar-refractivity contribution in [3.63, 3.8) is 0 Å². The van der Waals surface area contributed by atoms with Crippen LogP contribution in [0.1, 0.15) is 31.0 Å². The van der Waals surface area contributed by atoms with Gasteiger partial charge in [0.25, 0.3) is 0 Å². The minimum Gasteiger partial charge on any atom is -0.457 e. The summed E-state index contributed by atoms with van der Waals surface area (Å²) in [5.74, 6) is 0.325. The predicted molar refractivity (Wildman–Crippen MR) is 79.7 cm³/mol. The first-order valence-electron chi connectivity index (χ1n) is 6.98. The van der Waals surface area contributed by atoms with Gasteiger partial charge in [0, 0.05) is 11.6 Å². The first kappa shape index (κ1) is 15.4. The maximum atomic E-state index is 14.1. The second kappa shape index (κ2) is 6.68. The van der Waals surface area contributed by atoms with Crippen molar-refractivity contribution in [3.05, 3.63) is 59.2 Å². The van der Waals surface area contributed by atoms with E-state index in [1.54, 1.807) is 25.1 Å². The highest BCUT2D eigenvalue weighted by Crippen LogP contribution is 2.33. The molecule has 1 unspecified atom stereocenters. The summed E-state index contributed by atoms with van der Waals surface area (Å²) in [4.78, 5) is 0. The Morgan fingerprint density at radius 2 is 1.90 bits per heavy atom. The number of ether oxygens (including phenoxy) is 1. The number of halogens is 2. The van der Waals surface area contributed by atoms with Gasteiger partial charge in [0.05, 0.1) is 0 Å². The summed E-state index contributed by atoms with van der Waals surface area (Å²) in [7, 11) is 0. The predicted octanol–water partition coefficient (Wildman–Crippen LogP) is 4.74. The van der Waals surface area contributed by atoms with E-state index in [0.29, 0.717) is 22.6 Å². The molecule has 0 saturated carbocycles. The summed E-state index contributed by atoms with van der Waals surface area (Å²) in [6, 6.07) is 8.83. The Labute approximate surface area is 123 Å². The summed E-state index contributed by atoms with van der Waals surface area (Å²) in [5.41, 5.74) is 1.14. The largest absolute Gasteiger partial charge is 0.457 e. The summed E-state index contributed by atoms with van der Waals surface area (Å²) in [5, 5.41) is 3.17. The fourth-order valence-electron chi connectivity index (χ4n) is 2.28. The van der Waals surface area contributed by atoms with Gasteiger partial charge in [-0.05, 0) is 56.3 Å². The molecule has 4 heteroatoms. The quantitative estimate of drug-likeness (QED) is 0.859. The molecule has 0 aliphatic heterocycles. The molecular formula is C17H19F2NO. The van der Waals surface area contributed by atoms with Gasteiger partial charge in [0.2, 0.25) is 0 Å². The summed E-state index contributed by atoms with van der Waals surface area (Å²) >= 11 is 0. The van der Waals surface area contributed by atoms with Crippen molar-refractivity contribution in [2.75, 3.05) is 6.54 Å². The molecule has 0 fully saturated rings. The highest BCUT2D eigenvalue weighted by molar-refractivity contribution is 5.43. The third-order valence-electron chi connectivity index (χ3n) is 3.31. The molecule has 0 saturated heterocycles. The maximum Gasteiger partial charge on any atom is 0.135 e. The number of rotatable bonds is 5. The van der Waals surface area contributed by atoms with E-state index < -0.39 is 0 Å². The molecule has 0 amide bonds. The third kappa shape index (κ3) is 3.58. The smallest absolute Gasteiger partial charge is 0.135 e. The van der Waals surface area contributed by atoms with Crippen LogP contribution < -0.4 is 10.1 Å². The minimum atomic E-state index is -0.319. The molecule has 0 aromatic heterocycles. The van der Waals surface area contributed by atoms with Crippen LogP contribution in [0.2, 0.25) is 0 Å². The van der Waals surface area contributed by atoms with Gasteiger partial charge in [-0.1, -0.05) is 13.0 Å². The number of benzene rings is 2. The first-order valence-corrected chi connectivity index (χ1v) is 6.98. The molecule has 0 heterocycles. The first-order chi connectivity index (χ1) is 10.0. The monoisotopic (exact) mass is 291 g/mol. The van der Waals surface area contributed by atoms with Crippen molar-refractivity contribution in [1.29, 1.82) is 0 Å². The lowest BCUT2D eigenvalue weighted by atomic mass is 10.1. The second-order valence-corrected chi connectivity index (χ2v) is 4.94. The average molecular weight is 291 g/mol. The Kier molecular flexibility index (Phi) is 4.91. The minimum absolute atomic E-state index is 0.174. The molecule has 2 rings (SSSR count). The molecule has 0 aliphatic carbocycles. The molecule has 2 aromatic rings. The van der Waals surface area contributed by atoms with Gasteiger partial charge >= 0.3 is 0 Å². The maximum absolute atomic E-state index is 14.1. The topological polar surface area (TPSA) is 21.3 Å². The van der Waals surface area contributed by atoms with Gasteiger partial charge in [0.15, 0.2) is 0 Å². The van der Waals surface area contributed by atoms with E-state index in [-0.39, 0.29) is 17.7 Å². The van der Waals surface area contributed by atoms with Gasteiger partial charge in [-0.15, -0.1) is 0 Å². The lowest BCUT2D eigenvalue weighted by Crippen LogP contribution is -2.19. The van der Waals surface area contributed by atoms with Gasteiger partial charge in [-0.25, -0.2) is 8.78 Å². The Balaban J connectivity index is 2.37. The fourth-order valence-corrected chi connectivity index (χ4v) is 2.28.